The van der Waals surface area contributed by atoms with E-state index in [1.54, 1.807) is 18.7 Å². The molecule has 1 saturated heterocycles. The van der Waals surface area contributed by atoms with Crippen LogP contribution in [0.15, 0.2) is 29.2 Å². The van der Waals surface area contributed by atoms with E-state index in [0.29, 0.717) is 6.42 Å². The van der Waals surface area contributed by atoms with Crippen LogP contribution in [-0.4, -0.2) is 60.6 Å². The smallest absolute Gasteiger partial charge is 0.225 e. The molecule has 22 heavy (non-hydrogen) atoms. The van der Waals surface area contributed by atoms with Gasteiger partial charge < -0.3 is 10.2 Å². The van der Waals surface area contributed by atoms with Gasteiger partial charge >= 0.3 is 0 Å². The number of amides is 2. The highest BCUT2D eigenvalue weighted by atomic mass is 32.2. The van der Waals surface area contributed by atoms with Crippen molar-refractivity contribution >= 4 is 29.3 Å². The molecule has 1 aromatic rings. The van der Waals surface area contributed by atoms with Crippen molar-refractivity contribution in [1.29, 1.82) is 0 Å². The van der Waals surface area contributed by atoms with Gasteiger partial charge in [0, 0.05) is 51.0 Å². The van der Waals surface area contributed by atoms with Crippen molar-refractivity contribution < 1.29 is 9.59 Å². The van der Waals surface area contributed by atoms with Crippen LogP contribution in [0.5, 0.6) is 0 Å². The van der Waals surface area contributed by atoms with E-state index in [-0.39, 0.29) is 11.8 Å². The van der Waals surface area contributed by atoms with Crippen LogP contribution in [0.2, 0.25) is 0 Å². The number of benzene rings is 1. The number of nitrogens with one attached hydrogen (secondary N) is 1. The molecule has 1 aromatic carbocycles. The Morgan fingerprint density at radius 3 is 2.50 bits per heavy atom. The summed E-state index contributed by atoms with van der Waals surface area (Å²) < 4.78 is 0. The second-order valence-corrected chi connectivity index (χ2v) is 6.19. The van der Waals surface area contributed by atoms with Gasteiger partial charge in [-0.3, -0.25) is 14.5 Å². The number of para-hydroxylation sites is 1. The molecule has 6 heteroatoms. The topological polar surface area (TPSA) is 52.7 Å². The predicted molar refractivity (Wildman–Crippen MR) is 90.2 cm³/mol. The normalized spacial score (nSPS) is 15.6. The van der Waals surface area contributed by atoms with E-state index >= 15 is 0 Å². The predicted octanol–water partition coefficient (Wildman–Crippen LogP) is 1.90. The number of anilines is 1. The number of hydrogen-bond acceptors (Lipinski definition) is 4. The second-order valence-electron chi connectivity index (χ2n) is 5.35. The van der Waals surface area contributed by atoms with Crippen LogP contribution in [0.1, 0.15) is 13.3 Å². The molecule has 0 radical (unpaired) electrons. The van der Waals surface area contributed by atoms with Gasteiger partial charge in [-0.05, 0) is 18.4 Å². The lowest BCUT2D eigenvalue weighted by Gasteiger charge is -2.34. The van der Waals surface area contributed by atoms with Crippen LogP contribution in [-0.2, 0) is 9.59 Å². The molecule has 1 N–H and O–H groups in total. The van der Waals surface area contributed by atoms with Crippen molar-refractivity contribution in [1.82, 2.24) is 9.80 Å². The molecule has 0 aliphatic carbocycles. The third-order valence-electron chi connectivity index (χ3n) is 3.85. The highest BCUT2D eigenvalue weighted by Crippen LogP contribution is 2.24. The van der Waals surface area contributed by atoms with Gasteiger partial charge in [-0.25, -0.2) is 0 Å². The zero-order valence-corrected chi connectivity index (χ0v) is 14.0. The molecule has 0 atom stereocenters. The molecule has 2 amide bonds. The molecule has 0 saturated carbocycles. The summed E-state index contributed by atoms with van der Waals surface area (Å²) in [6.07, 6.45) is 2.47. The monoisotopic (exact) mass is 321 g/mol. The summed E-state index contributed by atoms with van der Waals surface area (Å²) in [6.45, 7) is 5.53. The van der Waals surface area contributed by atoms with Gasteiger partial charge in [0.15, 0.2) is 0 Å². The van der Waals surface area contributed by atoms with Gasteiger partial charge in [0.1, 0.15) is 0 Å². The number of rotatable bonds is 5. The van der Waals surface area contributed by atoms with Crippen LogP contribution in [0.25, 0.3) is 0 Å². The minimum absolute atomic E-state index is 0.0375. The molecule has 0 bridgehead atoms. The summed E-state index contributed by atoms with van der Waals surface area (Å²) in [6, 6.07) is 7.82. The van der Waals surface area contributed by atoms with Crippen LogP contribution in [0.3, 0.4) is 0 Å². The fourth-order valence-corrected chi connectivity index (χ4v) is 3.06. The Kier molecular flexibility index (Phi) is 6.27. The zero-order valence-electron chi connectivity index (χ0n) is 13.2. The summed E-state index contributed by atoms with van der Waals surface area (Å²) in [7, 11) is 0. The summed E-state index contributed by atoms with van der Waals surface area (Å²) in [4.78, 5) is 28.5. The summed E-state index contributed by atoms with van der Waals surface area (Å²) in [5, 5.41) is 2.98. The molecule has 5 nitrogen and oxygen atoms in total. The van der Waals surface area contributed by atoms with Crippen LogP contribution >= 0.6 is 11.8 Å². The van der Waals surface area contributed by atoms with Crippen molar-refractivity contribution in [3.05, 3.63) is 24.3 Å². The molecular weight excluding hydrogens is 298 g/mol. The fraction of sp³-hybridized carbons (Fsp3) is 0.500. The molecule has 1 fully saturated rings. The van der Waals surface area contributed by atoms with Crippen LogP contribution in [0.4, 0.5) is 5.69 Å². The zero-order chi connectivity index (χ0) is 15.9. The summed E-state index contributed by atoms with van der Waals surface area (Å²) in [5.41, 5.74) is 0.876. The highest BCUT2D eigenvalue weighted by molar-refractivity contribution is 7.98. The first-order valence-corrected chi connectivity index (χ1v) is 8.73. The molecule has 0 spiro atoms. The van der Waals surface area contributed by atoms with Crippen LogP contribution < -0.4 is 5.32 Å². The van der Waals surface area contributed by atoms with Crippen molar-refractivity contribution in [3.63, 3.8) is 0 Å². The average molecular weight is 321 g/mol. The number of carbonyl (C=O) groups excluding carboxylic acids is 2. The summed E-state index contributed by atoms with van der Waals surface area (Å²) in [5.74, 6) is 0.168. The Bertz CT molecular complexity index is 528. The first-order chi connectivity index (χ1) is 10.6. The standard InChI is InChI=1S/C16H23N3O2S/c1-13(20)19-11-9-18(10-12-19)8-7-16(21)17-14-5-3-4-6-15(14)22-2/h3-6H,7-12H2,1-2H3,(H,17,21). The van der Waals surface area contributed by atoms with Gasteiger partial charge in [0.25, 0.3) is 0 Å². The van der Waals surface area contributed by atoms with Gasteiger partial charge in [0.2, 0.25) is 11.8 Å². The number of nitrogens with zero attached hydrogens (tertiary/aromatic N) is 2. The SMILES string of the molecule is CSc1ccccc1NC(=O)CCN1CCN(C(C)=O)CC1. The number of piperazine rings is 1. The third kappa shape index (κ3) is 4.74. The van der Waals surface area contributed by atoms with E-state index in [1.165, 1.54) is 0 Å². The van der Waals surface area contributed by atoms with E-state index < -0.39 is 0 Å². The van der Waals surface area contributed by atoms with E-state index in [9.17, 15) is 9.59 Å². The molecule has 1 aliphatic rings. The first kappa shape index (κ1) is 16.8. The lowest BCUT2D eigenvalue weighted by atomic mass is 10.2. The number of carbonyl (C=O) groups is 2. The molecule has 1 aliphatic heterocycles. The lowest BCUT2D eigenvalue weighted by Crippen LogP contribution is -2.48. The minimum atomic E-state index is 0.0375. The largest absolute Gasteiger partial charge is 0.340 e. The molecular formula is C16H23N3O2S. The maximum absolute atomic E-state index is 12.1. The van der Waals surface area contributed by atoms with Gasteiger partial charge in [-0.1, -0.05) is 12.1 Å². The minimum Gasteiger partial charge on any atom is -0.340 e. The molecule has 2 rings (SSSR count). The molecule has 0 aromatic heterocycles. The van der Waals surface area contributed by atoms with E-state index in [2.05, 4.69) is 10.2 Å². The first-order valence-electron chi connectivity index (χ1n) is 7.51. The van der Waals surface area contributed by atoms with Crippen molar-refractivity contribution in [2.75, 3.05) is 44.3 Å². The van der Waals surface area contributed by atoms with Crippen molar-refractivity contribution in [2.24, 2.45) is 0 Å². The molecule has 0 unspecified atom stereocenters. The maximum atomic E-state index is 12.1. The summed E-state index contributed by atoms with van der Waals surface area (Å²) >= 11 is 1.62. The van der Waals surface area contributed by atoms with Gasteiger partial charge in [-0.2, -0.15) is 0 Å². The Balaban J connectivity index is 1.75. The quantitative estimate of drug-likeness (QED) is 0.842. The van der Waals surface area contributed by atoms with Gasteiger partial charge in [-0.15, -0.1) is 11.8 Å². The average Bonchev–Trinajstić information content (AvgIpc) is 2.54. The number of hydrogen-bond donors (Lipinski definition) is 1. The van der Waals surface area contributed by atoms with Crippen molar-refractivity contribution in [2.45, 2.75) is 18.2 Å². The number of thioether (sulfide) groups is 1. The van der Waals surface area contributed by atoms with E-state index in [4.69, 9.17) is 0 Å². The Labute approximate surface area is 136 Å². The maximum Gasteiger partial charge on any atom is 0.225 e. The molecule has 1 heterocycles. The van der Waals surface area contributed by atoms with Crippen molar-refractivity contribution in [3.8, 4) is 0 Å². The molecule has 120 valence electrons. The van der Waals surface area contributed by atoms with Gasteiger partial charge in [0.05, 0.1) is 5.69 Å². The van der Waals surface area contributed by atoms with Crippen LogP contribution in [0, 0.1) is 0 Å². The second kappa shape index (κ2) is 8.19. The third-order valence-corrected chi connectivity index (χ3v) is 4.65. The Hall–Kier alpha value is -1.53. The lowest BCUT2D eigenvalue weighted by molar-refractivity contribution is -0.130. The highest BCUT2D eigenvalue weighted by Gasteiger charge is 2.18. The van der Waals surface area contributed by atoms with E-state index in [1.807, 2.05) is 35.4 Å². The Morgan fingerprint density at radius 2 is 1.86 bits per heavy atom. The van der Waals surface area contributed by atoms with E-state index in [0.717, 1.165) is 43.3 Å². The Morgan fingerprint density at radius 1 is 1.18 bits per heavy atom. The fourth-order valence-electron chi connectivity index (χ4n) is 2.51.